The van der Waals surface area contributed by atoms with E-state index >= 15 is 0 Å². The number of anilines is 1. The average molecular weight is 241 g/mol. The Morgan fingerprint density at radius 3 is 2.67 bits per heavy atom. The van der Waals surface area contributed by atoms with Crippen molar-refractivity contribution >= 4 is 22.9 Å². The summed E-state index contributed by atoms with van der Waals surface area (Å²) in [5, 5.41) is 3.77. The highest BCUT2D eigenvalue weighted by atomic mass is 32.2. The molecule has 0 saturated heterocycles. The number of hydrogen-bond donors (Lipinski definition) is 2. The number of aromatic amines is 1. The third-order valence-corrected chi connectivity index (χ3v) is 2.21. The van der Waals surface area contributed by atoms with Crippen LogP contribution in [0.25, 0.3) is 0 Å². The predicted molar refractivity (Wildman–Crippen MR) is 46.3 cm³/mol. The van der Waals surface area contributed by atoms with E-state index in [9.17, 15) is 18.0 Å². The molecule has 1 aromatic heterocycles. The number of thioether (sulfide) groups is 1. The van der Waals surface area contributed by atoms with Gasteiger partial charge >= 0.3 is 11.5 Å². The Hall–Kier alpha value is -1.38. The van der Waals surface area contributed by atoms with Gasteiger partial charge < -0.3 is 10.5 Å². The van der Waals surface area contributed by atoms with Gasteiger partial charge in [0.05, 0.1) is 7.11 Å². The van der Waals surface area contributed by atoms with E-state index in [0.717, 1.165) is 7.11 Å². The molecule has 0 fully saturated rings. The van der Waals surface area contributed by atoms with Crippen molar-refractivity contribution < 1.29 is 22.7 Å². The maximum absolute atomic E-state index is 12.4. The van der Waals surface area contributed by atoms with Crippen molar-refractivity contribution in [2.45, 2.75) is 11.2 Å². The SMILES string of the molecule is COC(=O)Sc1n[nH]c(N)c1C(F)(F)F. The summed E-state index contributed by atoms with van der Waals surface area (Å²) in [5.74, 6) is -0.631. The number of nitrogens with one attached hydrogen (secondary N) is 1. The lowest BCUT2D eigenvalue weighted by Gasteiger charge is -2.05. The van der Waals surface area contributed by atoms with E-state index in [0.29, 0.717) is 0 Å². The third kappa shape index (κ3) is 2.55. The van der Waals surface area contributed by atoms with E-state index in [1.165, 1.54) is 0 Å². The van der Waals surface area contributed by atoms with Crippen LogP contribution in [0.3, 0.4) is 0 Å². The van der Waals surface area contributed by atoms with Crippen LogP contribution in [0.2, 0.25) is 0 Å². The molecule has 9 heteroatoms. The number of halogens is 3. The standard InChI is InChI=1S/C6H6F3N3O2S/c1-14-5(13)15-4-2(6(7,8)9)3(10)11-12-4/h1H3,(H3,10,11,12). The Labute approximate surface area is 86.2 Å². The third-order valence-electron chi connectivity index (χ3n) is 1.39. The van der Waals surface area contributed by atoms with Gasteiger partial charge in [0.2, 0.25) is 0 Å². The van der Waals surface area contributed by atoms with Crippen LogP contribution in [0.4, 0.5) is 23.8 Å². The van der Waals surface area contributed by atoms with Crippen molar-refractivity contribution in [3.63, 3.8) is 0 Å². The van der Waals surface area contributed by atoms with Crippen LogP contribution in [0.5, 0.6) is 0 Å². The van der Waals surface area contributed by atoms with Gasteiger partial charge in [0.1, 0.15) is 16.4 Å². The molecule has 1 heterocycles. The summed E-state index contributed by atoms with van der Waals surface area (Å²) >= 11 is 0.214. The molecule has 0 saturated carbocycles. The van der Waals surface area contributed by atoms with Gasteiger partial charge in [-0.3, -0.25) is 5.10 Å². The molecule has 5 nitrogen and oxygen atoms in total. The first-order chi connectivity index (χ1) is 6.86. The molecule has 0 radical (unpaired) electrons. The Bertz CT molecular complexity index is 376. The van der Waals surface area contributed by atoms with Crippen molar-refractivity contribution in [1.29, 1.82) is 0 Å². The van der Waals surface area contributed by atoms with Crippen LogP contribution in [-0.4, -0.2) is 22.6 Å². The normalized spacial score (nSPS) is 11.5. The van der Waals surface area contributed by atoms with Gasteiger partial charge in [-0.15, -0.1) is 0 Å². The second-order valence-electron chi connectivity index (χ2n) is 2.37. The number of carbonyl (C=O) groups is 1. The predicted octanol–water partition coefficient (Wildman–Crippen LogP) is 1.87. The zero-order valence-corrected chi connectivity index (χ0v) is 8.20. The number of H-pyrrole nitrogens is 1. The molecule has 0 bridgehead atoms. The van der Waals surface area contributed by atoms with Gasteiger partial charge in [-0.05, 0) is 0 Å². The van der Waals surface area contributed by atoms with Crippen LogP contribution in [0.1, 0.15) is 5.56 Å². The zero-order valence-electron chi connectivity index (χ0n) is 7.38. The summed E-state index contributed by atoms with van der Waals surface area (Å²) in [5.41, 5.74) is 3.89. The molecule has 0 aromatic carbocycles. The van der Waals surface area contributed by atoms with Crippen molar-refractivity contribution in [2.24, 2.45) is 0 Å². The van der Waals surface area contributed by atoms with E-state index in [1.54, 1.807) is 0 Å². The maximum atomic E-state index is 12.4. The number of nitrogen functional groups attached to an aromatic ring is 1. The number of hydrogen-bond acceptors (Lipinski definition) is 5. The fraction of sp³-hybridized carbons (Fsp3) is 0.333. The quantitative estimate of drug-likeness (QED) is 0.579. The first-order valence-electron chi connectivity index (χ1n) is 3.53. The van der Waals surface area contributed by atoms with E-state index in [2.05, 4.69) is 9.84 Å². The van der Waals surface area contributed by atoms with Gasteiger partial charge in [-0.25, -0.2) is 4.79 Å². The van der Waals surface area contributed by atoms with E-state index in [-0.39, 0.29) is 11.8 Å². The lowest BCUT2D eigenvalue weighted by Crippen LogP contribution is -2.09. The fourth-order valence-electron chi connectivity index (χ4n) is 0.806. The lowest BCUT2D eigenvalue weighted by atomic mass is 10.3. The second-order valence-corrected chi connectivity index (χ2v) is 3.30. The molecular formula is C6H6F3N3O2S. The van der Waals surface area contributed by atoms with Crippen molar-refractivity contribution in [1.82, 2.24) is 10.2 Å². The number of methoxy groups -OCH3 is 1. The Morgan fingerprint density at radius 1 is 1.60 bits per heavy atom. The molecule has 0 aliphatic rings. The first kappa shape index (κ1) is 11.7. The van der Waals surface area contributed by atoms with Gasteiger partial charge in [-0.2, -0.15) is 18.3 Å². The van der Waals surface area contributed by atoms with Gasteiger partial charge in [0.15, 0.2) is 0 Å². The minimum Gasteiger partial charge on any atom is -0.461 e. The molecule has 1 rings (SSSR count). The molecule has 3 N–H and O–H groups in total. The molecule has 0 amide bonds. The fourth-order valence-corrected chi connectivity index (χ4v) is 1.47. The average Bonchev–Trinajstić information content (AvgIpc) is 2.46. The summed E-state index contributed by atoms with van der Waals surface area (Å²) in [4.78, 5) is 10.7. The van der Waals surface area contributed by atoms with Crippen molar-refractivity contribution in [3.05, 3.63) is 5.56 Å². The largest absolute Gasteiger partial charge is 0.461 e. The van der Waals surface area contributed by atoms with Crippen molar-refractivity contribution in [2.75, 3.05) is 12.8 Å². The van der Waals surface area contributed by atoms with Crippen LogP contribution < -0.4 is 5.73 Å². The molecule has 84 valence electrons. The molecule has 0 atom stereocenters. The highest BCUT2D eigenvalue weighted by molar-refractivity contribution is 8.13. The van der Waals surface area contributed by atoms with Crippen LogP contribution in [0.15, 0.2) is 5.03 Å². The number of rotatable bonds is 1. The Kier molecular flexibility index (Phi) is 3.12. The summed E-state index contributed by atoms with van der Waals surface area (Å²) in [7, 11) is 1.05. The Morgan fingerprint density at radius 2 is 2.20 bits per heavy atom. The van der Waals surface area contributed by atoms with E-state index in [1.807, 2.05) is 5.10 Å². The smallest absolute Gasteiger partial charge is 0.422 e. The number of nitrogens with two attached hydrogens (primary N) is 1. The lowest BCUT2D eigenvalue weighted by molar-refractivity contribution is -0.139. The first-order valence-corrected chi connectivity index (χ1v) is 4.34. The minimum absolute atomic E-state index is 0.214. The Balaban J connectivity index is 3.04. The van der Waals surface area contributed by atoms with E-state index < -0.39 is 27.9 Å². The highest BCUT2D eigenvalue weighted by Crippen LogP contribution is 2.39. The van der Waals surface area contributed by atoms with Crippen molar-refractivity contribution in [3.8, 4) is 0 Å². The number of aromatic nitrogens is 2. The monoisotopic (exact) mass is 241 g/mol. The summed E-state index contributed by atoms with van der Waals surface area (Å²) < 4.78 is 41.4. The summed E-state index contributed by atoms with van der Waals surface area (Å²) in [6.45, 7) is 0. The summed E-state index contributed by atoms with van der Waals surface area (Å²) in [6.07, 6.45) is -4.66. The molecule has 1 aromatic rings. The molecule has 0 spiro atoms. The van der Waals surface area contributed by atoms with Gasteiger partial charge in [-0.1, -0.05) is 0 Å². The maximum Gasteiger partial charge on any atom is 0.422 e. The highest BCUT2D eigenvalue weighted by Gasteiger charge is 2.39. The zero-order chi connectivity index (χ0) is 11.6. The molecular weight excluding hydrogens is 235 g/mol. The van der Waals surface area contributed by atoms with Crippen LogP contribution in [0, 0.1) is 0 Å². The van der Waals surface area contributed by atoms with Crippen LogP contribution in [-0.2, 0) is 10.9 Å². The number of ether oxygens (including phenoxy) is 1. The molecule has 0 aliphatic heterocycles. The van der Waals surface area contributed by atoms with Gasteiger partial charge in [0, 0.05) is 11.8 Å². The molecule has 0 unspecified atom stereocenters. The summed E-state index contributed by atoms with van der Waals surface area (Å²) in [6, 6.07) is 0. The number of alkyl halides is 3. The molecule has 0 aliphatic carbocycles. The van der Waals surface area contributed by atoms with Crippen LogP contribution >= 0.6 is 11.8 Å². The second kappa shape index (κ2) is 4.01. The van der Waals surface area contributed by atoms with Gasteiger partial charge in [0.25, 0.3) is 0 Å². The molecule has 15 heavy (non-hydrogen) atoms. The topological polar surface area (TPSA) is 81.0 Å². The number of carbonyl (C=O) groups excluding carboxylic acids is 1. The number of nitrogens with zero attached hydrogens (tertiary/aromatic N) is 1. The minimum atomic E-state index is -4.66. The van der Waals surface area contributed by atoms with E-state index in [4.69, 9.17) is 5.73 Å².